The molecule has 0 aliphatic heterocycles. The molecule has 2 aromatic carbocycles. The molecule has 0 fully saturated rings. The third-order valence-electron chi connectivity index (χ3n) is 8.28. The molecule has 2 aromatic rings. The van der Waals surface area contributed by atoms with Gasteiger partial charge in [-0.1, -0.05) is 127 Å². The van der Waals surface area contributed by atoms with E-state index >= 15 is 0 Å². The highest BCUT2D eigenvalue weighted by Crippen LogP contribution is 2.24. The lowest BCUT2D eigenvalue weighted by Crippen LogP contribution is -2.29. The van der Waals surface area contributed by atoms with Crippen molar-refractivity contribution < 1.29 is 24.2 Å². The van der Waals surface area contributed by atoms with E-state index in [2.05, 4.69) is 37.8 Å². The van der Waals surface area contributed by atoms with Crippen molar-refractivity contribution in [1.82, 2.24) is 4.90 Å². The van der Waals surface area contributed by atoms with Crippen LogP contribution in [0.15, 0.2) is 66.7 Å². The number of methoxy groups -OCH3 is 1. The van der Waals surface area contributed by atoms with E-state index in [0.717, 1.165) is 49.4 Å². The molecule has 2 rings (SSSR count). The Hall–Kier alpha value is -3.12. The van der Waals surface area contributed by atoms with Crippen LogP contribution >= 0.6 is 0 Å². The van der Waals surface area contributed by atoms with E-state index in [-0.39, 0.29) is 11.9 Å². The molecular weight excluding hydrogens is 574 g/mol. The summed E-state index contributed by atoms with van der Waals surface area (Å²) in [6.07, 6.45) is 21.8. The summed E-state index contributed by atoms with van der Waals surface area (Å²) in [5.74, 6) is -0.324. The van der Waals surface area contributed by atoms with Crippen LogP contribution in [0.1, 0.15) is 128 Å². The largest absolute Gasteiger partial charge is 0.497 e. The van der Waals surface area contributed by atoms with Crippen molar-refractivity contribution in [1.29, 1.82) is 0 Å². The molecule has 0 aromatic heterocycles. The number of aliphatic carboxylic acids is 1. The number of carboxylic acids is 1. The zero-order chi connectivity index (χ0) is 33.7. The van der Waals surface area contributed by atoms with E-state index in [0.29, 0.717) is 19.4 Å². The summed E-state index contributed by atoms with van der Waals surface area (Å²) < 4.78 is 10.8. The number of likely N-dealkylation sites (N-methyl/N-ethyl adjacent to an activating group) is 1. The predicted octanol–water partition coefficient (Wildman–Crippen LogP) is 10.0. The van der Waals surface area contributed by atoms with E-state index in [9.17, 15) is 9.59 Å². The minimum atomic E-state index is -0.664. The van der Waals surface area contributed by atoms with Gasteiger partial charge in [-0.15, -0.1) is 0 Å². The Morgan fingerprint density at radius 3 is 1.87 bits per heavy atom. The topological polar surface area (TPSA) is 76.1 Å². The molecular formula is C40H63NO5. The summed E-state index contributed by atoms with van der Waals surface area (Å²) in [5, 5.41) is 8.51. The molecule has 46 heavy (non-hydrogen) atoms. The molecule has 0 amide bonds. The van der Waals surface area contributed by atoms with Crippen molar-refractivity contribution in [2.45, 2.75) is 123 Å². The predicted molar refractivity (Wildman–Crippen MR) is 192 cm³/mol. The number of allylic oxidation sites excluding steroid dienone is 2. The second-order valence-electron chi connectivity index (χ2n) is 11.9. The summed E-state index contributed by atoms with van der Waals surface area (Å²) in [6, 6.07) is 17.7. The number of hydrogen-bond donors (Lipinski definition) is 1. The minimum Gasteiger partial charge on any atom is -0.497 e. The van der Waals surface area contributed by atoms with Gasteiger partial charge in [-0.2, -0.15) is 0 Å². The molecule has 1 atom stereocenters. The summed E-state index contributed by atoms with van der Waals surface area (Å²) >= 11 is 0. The Labute approximate surface area is 280 Å². The minimum absolute atomic E-state index is 0.167. The van der Waals surface area contributed by atoms with Crippen LogP contribution in [-0.4, -0.2) is 55.3 Å². The SMILES string of the molecule is CCCCCCCC/C=C\CCCCCCCC(=O)O.CCN(CC)CCOC(=O)C(Cc1ccc(OC)cc1)c1ccccc1. The van der Waals surface area contributed by atoms with Crippen LogP contribution in [0.5, 0.6) is 5.75 Å². The number of benzene rings is 2. The first-order chi connectivity index (χ1) is 22.4. The number of nitrogens with zero attached hydrogens (tertiary/aromatic N) is 1. The van der Waals surface area contributed by atoms with Crippen molar-refractivity contribution >= 4 is 11.9 Å². The second kappa shape index (κ2) is 28.1. The van der Waals surface area contributed by atoms with Crippen molar-refractivity contribution in [2.24, 2.45) is 0 Å². The van der Waals surface area contributed by atoms with E-state index in [1.807, 2.05) is 54.6 Å². The highest BCUT2D eigenvalue weighted by Gasteiger charge is 2.23. The molecule has 258 valence electrons. The van der Waals surface area contributed by atoms with Gasteiger partial charge in [0.1, 0.15) is 12.4 Å². The number of unbranched alkanes of at least 4 members (excludes halogenated alkanes) is 11. The van der Waals surface area contributed by atoms with Gasteiger partial charge in [-0.05, 0) is 74.9 Å². The van der Waals surface area contributed by atoms with Gasteiger partial charge in [0, 0.05) is 13.0 Å². The van der Waals surface area contributed by atoms with Gasteiger partial charge >= 0.3 is 11.9 Å². The second-order valence-corrected chi connectivity index (χ2v) is 11.9. The first-order valence-corrected chi connectivity index (χ1v) is 17.9. The lowest BCUT2D eigenvalue weighted by atomic mass is 9.92. The smallest absolute Gasteiger partial charge is 0.313 e. The van der Waals surface area contributed by atoms with Gasteiger partial charge in [0.25, 0.3) is 0 Å². The third-order valence-corrected chi connectivity index (χ3v) is 8.28. The van der Waals surface area contributed by atoms with Gasteiger partial charge < -0.3 is 19.5 Å². The van der Waals surface area contributed by atoms with E-state index in [4.69, 9.17) is 14.6 Å². The average molecular weight is 638 g/mol. The first-order valence-electron chi connectivity index (χ1n) is 17.9. The number of carboxylic acid groups (broad SMARTS) is 1. The fourth-order valence-electron chi connectivity index (χ4n) is 5.28. The summed E-state index contributed by atoms with van der Waals surface area (Å²) in [7, 11) is 1.65. The molecule has 0 spiro atoms. The van der Waals surface area contributed by atoms with E-state index in [1.165, 1.54) is 70.6 Å². The van der Waals surface area contributed by atoms with Crippen LogP contribution in [-0.2, 0) is 20.7 Å². The lowest BCUT2D eigenvalue weighted by Gasteiger charge is -2.20. The fraction of sp³-hybridized carbons (Fsp3) is 0.600. The molecule has 6 nitrogen and oxygen atoms in total. The molecule has 6 heteroatoms. The Kier molecular flexibility index (Phi) is 25.0. The number of rotatable bonds is 25. The molecule has 1 N–H and O–H groups in total. The number of hydrogen-bond acceptors (Lipinski definition) is 5. The van der Waals surface area contributed by atoms with Crippen LogP contribution in [0, 0.1) is 0 Å². The summed E-state index contributed by atoms with van der Waals surface area (Å²) in [6.45, 7) is 9.59. The summed E-state index contributed by atoms with van der Waals surface area (Å²) in [4.78, 5) is 25.3. The lowest BCUT2D eigenvalue weighted by molar-refractivity contribution is -0.146. The van der Waals surface area contributed by atoms with Crippen LogP contribution in [0.25, 0.3) is 0 Å². The zero-order valence-electron chi connectivity index (χ0n) is 29.4. The maximum atomic E-state index is 12.8. The Bertz CT molecular complexity index is 1030. The molecule has 0 heterocycles. The van der Waals surface area contributed by atoms with Gasteiger partial charge in [0.2, 0.25) is 0 Å². The maximum Gasteiger partial charge on any atom is 0.313 e. The molecule has 1 unspecified atom stereocenters. The Balaban J connectivity index is 0.000000479. The molecule has 0 aliphatic carbocycles. The fourth-order valence-corrected chi connectivity index (χ4v) is 5.28. The molecule has 0 radical (unpaired) electrons. The highest BCUT2D eigenvalue weighted by atomic mass is 16.5. The zero-order valence-corrected chi connectivity index (χ0v) is 29.4. The standard InChI is InChI=1S/C22H29NO3.C18H34O2/c1-4-23(5-2)15-16-26-22(24)21(19-9-7-6-8-10-19)17-18-11-13-20(25-3)14-12-18;1-2-3-4-5-6-7-8-9-10-11-12-13-14-15-16-17-18(19)20/h6-14,21H,4-5,15-17H2,1-3H3;9-10H,2-8,11-17H2,1H3,(H,19,20)/b;10-9-. The quantitative estimate of drug-likeness (QED) is 0.0663. The highest BCUT2D eigenvalue weighted by molar-refractivity contribution is 5.78. The van der Waals surface area contributed by atoms with Crippen LogP contribution in [0.3, 0.4) is 0 Å². The molecule has 0 saturated carbocycles. The van der Waals surface area contributed by atoms with Crippen molar-refractivity contribution in [3.8, 4) is 5.75 Å². The normalized spacial score (nSPS) is 11.7. The monoisotopic (exact) mass is 637 g/mol. The maximum absolute atomic E-state index is 12.8. The average Bonchev–Trinajstić information content (AvgIpc) is 3.08. The molecule has 0 aliphatic rings. The van der Waals surface area contributed by atoms with Crippen molar-refractivity contribution in [2.75, 3.05) is 33.4 Å². The number of esters is 1. The van der Waals surface area contributed by atoms with Crippen molar-refractivity contribution in [3.05, 3.63) is 77.9 Å². The third kappa shape index (κ3) is 20.8. The van der Waals surface area contributed by atoms with Gasteiger partial charge in [0.05, 0.1) is 13.0 Å². The summed E-state index contributed by atoms with van der Waals surface area (Å²) in [5.41, 5.74) is 2.07. The molecule has 0 bridgehead atoms. The molecule has 0 saturated heterocycles. The van der Waals surface area contributed by atoms with Crippen LogP contribution in [0.4, 0.5) is 0 Å². The van der Waals surface area contributed by atoms with Gasteiger partial charge in [-0.3, -0.25) is 9.59 Å². The van der Waals surface area contributed by atoms with Gasteiger partial charge in [0.15, 0.2) is 0 Å². The van der Waals surface area contributed by atoms with E-state index < -0.39 is 5.97 Å². The first kappa shape index (κ1) is 40.9. The Morgan fingerprint density at radius 2 is 1.33 bits per heavy atom. The van der Waals surface area contributed by atoms with E-state index in [1.54, 1.807) is 7.11 Å². The van der Waals surface area contributed by atoms with Gasteiger partial charge in [-0.25, -0.2) is 0 Å². The Morgan fingerprint density at radius 1 is 0.761 bits per heavy atom. The van der Waals surface area contributed by atoms with Crippen LogP contribution in [0.2, 0.25) is 0 Å². The number of carbonyl (C=O) groups is 2. The number of ether oxygens (including phenoxy) is 2. The van der Waals surface area contributed by atoms with Crippen LogP contribution < -0.4 is 4.74 Å². The number of carbonyl (C=O) groups excluding carboxylic acids is 1. The van der Waals surface area contributed by atoms with Crippen molar-refractivity contribution in [3.63, 3.8) is 0 Å².